The van der Waals surface area contributed by atoms with Crippen molar-refractivity contribution in [2.45, 2.75) is 95.7 Å². The summed E-state index contributed by atoms with van der Waals surface area (Å²) >= 11 is 0. The number of aromatic nitrogens is 4. The van der Waals surface area contributed by atoms with Crippen LogP contribution in [0.3, 0.4) is 0 Å². The molecule has 1 atom stereocenters. The van der Waals surface area contributed by atoms with Gasteiger partial charge in [0.15, 0.2) is 5.82 Å². The van der Waals surface area contributed by atoms with Crippen molar-refractivity contribution >= 4 is 52.8 Å². The SMILES string of the molecule is CNC(=O)N1CCc2c(c(N3CCCc4cc(-c5cnn(C)c5)c(C(F)F)cc43)nn2C2CCN(C(=O)CCCCCNc3cccc4c3C(=O)N(C3CCC(=O)NC3=O)C4=O)CC2)C1. The highest BCUT2D eigenvalue weighted by atomic mass is 19.3. The summed E-state index contributed by atoms with van der Waals surface area (Å²) < 4.78 is 33.2. The van der Waals surface area contributed by atoms with Crippen LogP contribution in [0.4, 0.5) is 30.8 Å². The zero-order valence-corrected chi connectivity index (χ0v) is 36.6. The van der Waals surface area contributed by atoms with Gasteiger partial charge in [-0.1, -0.05) is 12.5 Å². The summed E-state index contributed by atoms with van der Waals surface area (Å²) in [4.78, 5) is 83.7. The number of hydrogen-bond acceptors (Lipinski definition) is 10. The van der Waals surface area contributed by atoms with Crippen molar-refractivity contribution in [2.24, 2.45) is 7.05 Å². The second-order valence-corrected chi connectivity index (χ2v) is 17.5. The summed E-state index contributed by atoms with van der Waals surface area (Å²) in [5, 5.41) is 17.7. The molecule has 0 bridgehead atoms. The molecule has 7 heterocycles. The lowest BCUT2D eigenvalue weighted by molar-refractivity contribution is -0.136. The van der Waals surface area contributed by atoms with Gasteiger partial charge in [0.25, 0.3) is 18.2 Å². The number of piperidine rings is 2. The van der Waals surface area contributed by atoms with Crippen LogP contribution in [0.1, 0.15) is 113 Å². The number of likely N-dealkylation sites (tertiary alicyclic amines) is 1. The fourth-order valence-corrected chi connectivity index (χ4v) is 10.1. The fourth-order valence-electron chi connectivity index (χ4n) is 10.1. The number of alkyl halides is 2. The van der Waals surface area contributed by atoms with E-state index in [1.54, 1.807) is 60.3 Å². The number of rotatable bonds is 12. The van der Waals surface area contributed by atoms with E-state index in [2.05, 4.69) is 30.6 Å². The quantitative estimate of drug-likeness (QED) is 0.126. The van der Waals surface area contributed by atoms with E-state index in [4.69, 9.17) is 5.10 Å². The van der Waals surface area contributed by atoms with Gasteiger partial charge in [-0.3, -0.25) is 43.6 Å². The molecule has 0 saturated carbocycles. The van der Waals surface area contributed by atoms with Gasteiger partial charge in [0.05, 0.1) is 29.9 Å². The van der Waals surface area contributed by atoms with Crippen LogP contribution in [0.5, 0.6) is 0 Å². The third kappa shape index (κ3) is 8.31. The van der Waals surface area contributed by atoms with Crippen molar-refractivity contribution in [2.75, 3.05) is 50.0 Å². The monoisotopic (exact) mass is 893 g/mol. The van der Waals surface area contributed by atoms with Gasteiger partial charge in [0.1, 0.15) is 6.04 Å². The van der Waals surface area contributed by atoms with E-state index in [0.717, 1.165) is 47.4 Å². The molecule has 2 aromatic carbocycles. The Kier molecular flexibility index (Phi) is 12.1. The molecule has 2 aromatic heterocycles. The van der Waals surface area contributed by atoms with Gasteiger partial charge in [-0.25, -0.2) is 13.6 Å². The second kappa shape index (κ2) is 18.1. The number of nitrogens with zero attached hydrogens (tertiary/aromatic N) is 8. The molecule has 19 heteroatoms. The number of imide groups is 2. The number of unbranched alkanes of at least 4 members (excludes halogenated alkanes) is 2. The second-order valence-electron chi connectivity index (χ2n) is 17.5. The molecule has 342 valence electrons. The highest BCUT2D eigenvalue weighted by Gasteiger charge is 2.46. The summed E-state index contributed by atoms with van der Waals surface area (Å²) in [6.45, 7) is 3.10. The summed E-state index contributed by atoms with van der Waals surface area (Å²) in [5.41, 5.74) is 5.59. The van der Waals surface area contributed by atoms with Crippen LogP contribution in [-0.4, -0.2) is 116 Å². The minimum Gasteiger partial charge on any atom is -0.384 e. The molecular formula is C46H53F2N11O6. The molecular weight excluding hydrogens is 841 g/mol. The molecule has 0 aliphatic carbocycles. The number of hydrogen-bond donors (Lipinski definition) is 3. The molecule has 4 aromatic rings. The number of benzene rings is 2. The number of fused-ring (bicyclic) bond motifs is 3. The third-order valence-electron chi connectivity index (χ3n) is 13.5. The van der Waals surface area contributed by atoms with Crippen LogP contribution in [0.15, 0.2) is 42.7 Å². The van der Waals surface area contributed by atoms with Gasteiger partial charge < -0.3 is 25.3 Å². The first kappa shape index (κ1) is 43.6. The number of carbonyl (C=O) groups is 6. The molecule has 2 fully saturated rings. The predicted molar refractivity (Wildman–Crippen MR) is 235 cm³/mol. The van der Waals surface area contributed by atoms with Gasteiger partial charge in [0.2, 0.25) is 17.7 Å². The van der Waals surface area contributed by atoms with E-state index in [-0.39, 0.29) is 47.5 Å². The normalized spacial score (nSPS) is 18.8. The van der Waals surface area contributed by atoms with Crippen molar-refractivity contribution in [1.82, 2.24) is 44.9 Å². The average Bonchev–Trinajstić information content (AvgIpc) is 3.99. The van der Waals surface area contributed by atoms with E-state index in [1.807, 2.05) is 11.0 Å². The molecule has 2 saturated heterocycles. The Labute approximate surface area is 374 Å². The van der Waals surface area contributed by atoms with Crippen molar-refractivity contribution in [3.05, 3.63) is 76.2 Å². The molecule has 7 amide bonds. The number of aryl methyl sites for hydroxylation is 2. The van der Waals surface area contributed by atoms with Crippen LogP contribution in [0, 0.1) is 0 Å². The number of anilines is 3. The standard InChI is InChI=1S/C46H53F2N11O6/c1-49-46(65)56-21-16-35-33(26-56)42(57-18-7-8-27-22-31(28-24-51-54(2)25-28)32(41(47)48)23-37(27)57)53-59(35)29-14-19-55(20-15-29)39(61)11-4-3-5-17-50-34-10-6-9-30-40(34)45(64)58(44(30)63)36-12-13-38(60)52-43(36)62/h6,9-10,22-25,29,36,41,50H,3-5,7-8,11-21,26H2,1-2H3,(H,49,65)(H,52,60,62). The van der Waals surface area contributed by atoms with Gasteiger partial charge in [-0.05, 0) is 80.3 Å². The fraction of sp³-hybridized carbons (Fsp3) is 0.478. The van der Waals surface area contributed by atoms with E-state index in [9.17, 15) is 37.5 Å². The lowest BCUT2D eigenvalue weighted by atomic mass is 9.92. The van der Waals surface area contributed by atoms with Crippen molar-refractivity contribution < 1.29 is 37.5 Å². The lowest BCUT2D eigenvalue weighted by Crippen LogP contribution is -2.54. The number of urea groups is 1. The zero-order valence-electron chi connectivity index (χ0n) is 36.6. The van der Waals surface area contributed by atoms with Crippen LogP contribution in [0.2, 0.25) is 0 Å². The first-order chi connectivity index (χ1) is 31.4. The maximum atomic E-state index is 14.7. The Hall–Kier alpha value is -6.66. The molecule has 17 nitrogen and oxygen atoms in total. The molecule has 9 rings (SSSR count). The van der Waals surface area contributed by atoms with Gasteiger partial charge in [-0.2, -0.15) is 10.2 Å². The molecule has 1 unspecified atom stereocenters. The number of carbonyl (C=O) groups excluding carboxylic acids is 6. The summed E-state index contributed by atoms with van der Waals surface area (Å²) in [6.07, 6.45) is 6.87. The van der Waals surface area contributed by atoms with E-state index < -0.39 is 36.1 Å². The highest BCUT2D eigenvalue weighted by Crippen LogP contribution is 2.44. The molecule has 0 radical (unpaired) electrons. The molecule has 65 heavy (non-hydrogen) atoms. The smallest absolute Gasteiger partial charge is 0.317 e. The zero-order chi connectivity index (χ0) is 45.5. The van der Waals surface area contributed by atoms with Crippen molar-refractivity contribution in [3.8, 4) is 11.1 Å². The van der Waals surface area contributed by atoms with Crippen LogP contribution in [-0.2, 0) is 40.8 Å². The first-order valence-corrected chi connectivity index (χ1v) is 22.6. The van der Waals surface area contributed by atoms with Gasteiger partial charge >= 0.3 is 6.03 Å². The van der Waals surface area contributed by atoms with E-state index >= 15 is 0 Å². The molecule has 5 aliphatic rings. The highest BCUT2D eigenvalue weighted by molar-refractivity contribution is 6.25. The Morgan fingerprint density at radius 3 is 2.48 bits per heavy atom. The average molecular weight is 894 g/mol. The van der Waals surface area contributed by atoms with Gasteiger partial charge in [-0.15, -0.1) is 0 Å². The summed E-state index contributed by atoms with van der Waals surface area (Å²) in [6, 6.07) is 7.24. The maximum absolute atomic E-state index is 14.7. The minimum absolute atomic E-state index is 0.0192. The van der Waals surface area contributed by atoms with Crippen molar-refractivity contribution in [3.63, 3.8) is 0 Å². The molecule has 5 aliphatic heterocycles. The first-order valence-electron chi connectivity index (χ1n) is 22.6. The van der Waals surface area contributed by atoms with Crippen molar-refractivity contribution in [1.29, 1.82) is 0 Å². The topological polar surface area (TPSA) is 187 Å². The number of halogens is 2. The minimum atomic E-state index is -2.70. The predicted octanol–water partition coefficient (Wildman–Crippen LogP) is 5.24. The molecule has 0 spiro atoms. The maximum Gasteiger partial charge on any atom is 0.317 e. The van der Waals surface area contributed by atoms with Gasteiger partial charge in [0, 0.05) is 106 Å². The Bertz CT molecular complexity index is 2560. The Balaban J connectivity index is 0.821. The van der Waals surface area contributed by atoms with Crippen LogP contribution >= 0.6 is 0 Å². The van der Waals surface area contributed by atoms with E-state index in [0.29, 0.717) is 99.7 Å². The lowest BCUT2D eigenvalue weighted by Gasteiger charge is -2.34. The number of amides is 7. The Morgan fingerprint density at radius 1 is 0.923 bits per heavy atom. The largest absolute Gasteiger partial charge is 0.384 e. The Morgan fingerprint density at radius 2 is 1.74 bits per heavy atom. The molecule has 3 N–H and O–H groups in total. The van der Waals surface area contributed by atoms with E-state index in [1.165, 1.54) is 0 Å². The number of nitrogens with one attached hydrogen (secondary N) is 3. The van der Waals surface area contributed by atoms with Crippen LogP contribution < -0.4 is 20.9 Å². The third-order valence-corrected chi connectivity index (χ3v) is 13.5. The summed E-state index contributed by atoms with van der Waals surface area (Å²) in [5.74, 6) is -1.43. The van der Waals surface area contributed by atoms with Crippen LogP contribution in [0.25, 0.3) is 11.1 Å². The summed E-state index contributed by atoms with van der Waals surface area (Å²) in [7, 11) is 3.37.